The van der Waals surface area contributed by atoms with Gasteiger partial charge in [-0.15, -0.1) is 0 Å². The summed E-state index contributed by atoms with van der Waals surface area (Å²) in [5.41, 5.74) is -1.83. The van der Waals surface area contributed by atoms with E-state index in [1.165, 1.54) is 44.2 Å². The van der Waals surface area contributed by atoms with E-state index in [9.17, 15) is 102 Å². The summed E-state index contributed by atoms with van der Waals surface area (Å²) in [4.78, 5) is 27.6. The van der Waals surface area contributed by atoms with Gasteiger partial charge in [-0.2, -0.15) is 0 Å². The summed E-state index contributed by atoms with van der Waals surface area (Å²) in [6, 6.07) is 8.91. The van der Waals surface area contributed by atoms with Crippen LogP contribution in [0.1, 0.15) is 19.4 Å². The van der Waals surface area contributed by atoms with Gasteiger partial charge in [0.05, 0.1) is 25.4 Å². The molecule has 3 aromatic carbocycles. The molecule has 468 valence electrons. The first kappa shape index (κ1) is 63.3. The van der Waals surface area contributed by atoms with E-state index in [1.54, 1.807) is 0 Å². The van der Waals surface area contributed by atoms with Crippen LogP contribution in [-0.4, -0.2) is 265 Å². The maximum absolute atomic E-state index is 14.7. The highest BCUT2D eigenvalue weighted by Crippen LogP contribution is 2.45. The Kier molecular flexibility index (Phi) is 19.4. The molecule has 0 saturated carbocycles. The minimum absolute atomic E-state index is 0.0524. The van der Waals surface area contributed by atoms with E-state index >= 15 is 0 Å². The molecule has 5 saturated heterocycles. The lowest BCUT2D eigenvalue weighted by Crippen LogP contribution is -2.67. The molecule has 32 heteroatoms. The van der Waals surface area contributed by atoms with E-state index in [4.69, 9.17) is 56.5 Å². The largest absolute Gasteiger partial charge is 0.508 e. The zero-order valence-electron chi connectivity index (χ0n) is 44.5. The van der Waals surface area contributed by atoms with Crippen LogP contribution in [0, 0.1) is 0 Å². The molecule has 18 N–H and O–H groups in total. The van der Waals surface area contributed by atoms with Crippen molar-refractivity contribution in [2.75, 3.05) is 19.8 Å². The highest BCUT2D eigenvalue weighted by molar-refractivity contribution is 5.89. The normalized spacial score (nSPS) is 38.1. The van der Waals surface area contributed by atoms with Crippen molar-refractivity contribution < 1.29 is 153 Å². The average Bonchev–Trinajstić information content (AvgIpc) is 2.62. The van der Waals surface area contributed by atoms with Crippen LogP contribution in [0.25, 0.3) is 28.4 Å². The molecule has 0 spiro atoms. The number of aliphatic hydroxyl groups is 13. The number of carbonyl (C=O) groups excluding carboxylic acids is 1. The molecule has 6 heterocycles. The number of fused-ring (bicyclic) bond motifs is 1. The Morgan fingerprint density at radius 3 is 1.75 bits per heavy atom. The Balaban J connectivity index is 1.02. The first-order valence-corrected chi connectivity index (χ1v) is 26.3. The zero-order chi connectivity index (χ0) is 61.6. The average molecular weight is 1210 g/mol. The molecule has 5 aliphatic heterocycles. The molecule has 9 rings (SSSR count). The van der Waals surface area contributed by atoms with Crippen LogP contribution < -0.4 is 14.9 Å². The third-order valence-electron chi connectivity index (χ3n) is 14.8. The molecular weight excluding hydrogens is 1150 g/mol. The third-order valence-corrected chi connectivity index (χ3v) is 14.8. The number of esters is 1. The van der Waals surface area contributed by atoms with E-state index in [0.29, 0.717) is 5.56 Å². The van der Waals surface area contributed by atoms with Gasteiger partial charge in [-0.1, -0.05) is 12.1 Å². The molecule has 32 nitrogen and oxygen atoms in total. The number of phenolic OH excluding ortho intramolecular Hbond substituents is 5. The van der Waals surface area contributed by atoms with Crippen molar-refractivity contribution >= 4 is 23.0 Å². The second-order valence-electron chi connectivity index (χ2n) is 20.7. The van der Waals surface area contributed by atoms with E-state index < -0.39 is 235 Å². The zero-order valence-corrected chi connectivity index (χ0v) is 44.5. The third kappa shape index (κ3) is 13.1. The van der Waals surface area contributed by atoms with Gasteiger partial charge in [0.1, 0.15) is 132 Å². The Bertz CT molecular complexity index is 3030. The summed E-state index contributed by atoms with van der Waals surface area (Å²) in [5, 5.41) is 194. The Morgan fingerprint density at radius 1 is 0.553 bits per heavy atom. The summed E-state index contributed by atoms with van der Waals surface area (Å²) < 4.78 is 68.9. The first-order chi connectivity index (χ1) is 40.3. The lowest BCUT2D eigenvalue weighted by Gasteiger charge is -2.48. The maximum atomic E-state index is 14.7. The lowest BCUT2D eigenvalue weighted by atomic mass is 9.96. The SMILES string of the molecule is C[C@@H]1O[C@@H](O[C@@H]2CO[C@@H](Oc3c(O)cc(-c4oc5cc(O)cc(O)c5c(=O)c4O[C@@H]4O[C@@H](C)[C@H](O)[C@@H](O)[C@H]4O[C@@H]4O[C@H](COC(=O)/C=C/c5ccc(O)cc5)[C@@H](O)[C@H](O)[C@H]4O[C@@H]4O[C@H](CO)[C@@H](O)[C@H](O)[C@H]4O)cc3O)[C@H](O)[C@H]2O)[C@H](O)[C@H](O)[C@H]1O. The predicted molar refractivity (Wildman–Crippen MR) is 273 cm³/mol. The summed E-state index contributed by atoms with van der Waals surface area (Å²) in [7, 11) is 0. The van der Waals surface area contributed by atoms with Gasteiger partial charge in [-0.3, -0.25) is 4.79 Å². The molecule has 4 aromatic rings. The molecule has 24 atom stereocenters. The number of aliphatic hydroxyl groups excluding tert-OH is 13. The molecule has 1 aromatic heterocycles. The van der Waals surface area contributed by atoms with Gasteiger partial charge in [-0.05, 0) is 49.8 Å². The van der Waals surface area contributed by atoms with Crippen LogP contribution in [0.2, 0.25) is 0 Å². The number of rotatable bonds is 16. The minimum atomic E-state index is -2.23. The van der Waals surface area contributed by atoms with Gasteiger partial charge < -0.3 is 148 Å². The van der Waals surface area contributed by atoms with Crippen molar-refractivity contribution in [3.63, 3.8) is 0 Å². The van der Waals surface area contributed by atoms with Crippen LogP contribution in [0.3, 0.4) is 0 Å². The molecule has 0 bridgehead atoms. The first-order valence-electron chi connectivity index (χ1n) is 26.3. The Morgan fingerprint density at radius 2 is 1.09 bits per heavy atom. The number of phenols is 5. The van der Waals surface area contributed by atoms with Gasteiger partial charge in [0, 0.05) is 23.8 Å². The highest BCUT2D eigenvalue weighted by atomic mass is 16.8. The maximum Gasteiger partial charge on any atom is 0.330 e. The second kappa shape index (κ2) is 26.0. The van der Waals surface area contributed by atoms with Crippen LogP contribution in [0.15, 0.2) is 63.8 Å². The fourth-order valence-electron chi connectivity index (χ4n) is 9.93. The van der Waals surface area contributed by atoms with Crippen molar-refractivity contribution in [3.05, 3.63) is 70.4 Å². The molecule has 0 aliphatic carbocycles. The van der Waals surface area contributed by atoms with Gasteiger partial charge in [0.25, 0.3) is 0 Å². The molecule has 0 radical (unpaired) electrons. The smallest absolute Gasteiger partial charge is 0.330 e. The number of aromatic hydroxyl groups is 5. The van der Waals surface area contributed by atoms with Crippen LogP contribution in [0.4, 0.5) is 0 Å². The minimum Gasteiger partial charge on any atom is -0.508 e. The molecular formula is C53H64O32. The number of hydrogen-bond acceptors (Lipinski definition) is 32. The summed E-state index contributed by atoms with van der Waals surface area (Å²) in [5.74, 6) is -7.11. The molecule has 0 unspecified atom stereocenters. The van der Waals surface area contributed by atoms with Crippen molar-refractivity contribution in [3.8, 4) is 51.6 Å². The molecule has 5 fully saturated rings. The van der Waals surface area contributed by atoms with Crippen LogP contribution in [-0.2, 0) is 47.4 Å². The standard InChI is InChI=1S/C53H64O32/c1-16-31(61)37(67)42(72)50(76-16)80-28-15-75-49(41(71)35(28)65)82-45-23(58)9-19(10-24(45)59)44-46(36(66)30-22(57)11-21(56)12-25(30)78-44)83-52-47(39(69)32(62)17(2)77-52)85-53-48(84-51-43(73)38(68)33(63)26(13-54)79-51)40(70)34(64)27(81-53)14-74-29(60)8-5-18-3-6-20(55)7-4-18/h3-12,16-17,26-28,31-35,37-43,47-59,61-65,67-73H,13-15H2,1-2H3/b8-5+/t16-,17-,26+,27+,28+,31-,32-,33+,34+,35-,37+,38-,39+,40-,41+,42+,43+,47+,48+,49-,50-,51-,52-,53-/m0/s1. The quantitative estimate of drug-likeness (QED) is 0.0368. The van der Waals surface area contributed by atoms with Gasteiger partial charge >= 0.3 is 5.97 Å². The van der Waals surface area contributed by atoms with E-state index in [-0.39, 0.29) is 5.75 Å². The van der Waals surface area contributed by atoms with Crippen LogP contribution >= 0.6 is 0 Å². The molecule has 0 amide bonds. The van der Waals surface area contributed by atoms with E-state index in [1.807, 2.05) is 0 Å². The molecule has 5 aliphatic rings. The second-order valence-corrected chi connectivity index (χ2v) is 20.7. The van der Waals surface area contributed by atoms with Crippen molar-refractivity contribution in [2.45, 2.75) is 161 Å². The number of hydrogen-bond donors (Lipinski definition) is 18. The van der Waals surface area contributed by atoms with Crippen molar-refractivity contribution in [1.82, 2.24) is 0 Å². The van der Waals surface area contributed by atoms with Gasteiger partial charge in [-0.25, -0.2) is 4.79 Å². The Hall–Kier alpha value is -6.16. The topological polar surface area (TPSA) is 513 Å². The highest BCUT2D eigenvalue weighted by Gasteiger charge is 2.55. The van der Waals surface area contributed by atoms with E-state index in [2.05, 4.69) is 0 Å². The van der Waals surface area contributed by atoms with E-state index in [0.717, 1.165) is 30.3 Å². The predicted octanol–water partition coefficient (Wildman–Crippen LogP) is -5.22. The fraction of sp³-hybridized carbons (Fsp3) is 0.547. The van der Waals surface area contributed by atoms with Crippen LogP contribution in [0.5, 0.6) is 40.2 Å². The van der Waals surface area contributed by atoms with Gasteiger partial charge in [0.2, 0.25) is 29.5 Å². The molecule has 85 heavy (non-hydrogen) atoms. The van der Waals surface area contributed by atoms with Crippen molar-refractivity contribution in [2.24, 2.45) is 0 Å². The number of carbonyl (C=O) groups is 1. The summed E-state index contributed by atoms with van der Waals surface area (Å²) in [6.07, 6.45) is -42.6. The van der Waals surface area contributed by atoms with Gasteiger partial charge in [0.15, 0.2) is 42.2 Å². The lowest BCUT2D eigenvalue weighted by molar-refractivity contribution is -0.388. The fourth-order valence-corrected chi connectivity index (χ4v) is 9.93. The number of benzene rings is 3. The number of ether oxygens (including phenoxy) is 11. The summed E-state index contributed by atoms with van der Waals surface area (Å²) >= 11 is 0. The Labute approximate surface area is 478 Å². The summed E-state index contributed by atoms with van der Waals surface area (Å²) in [6.45, 7) is 0.221. The monoisotopic (exact) mass is 1210 g/mol. The van der Waals surface area contributed by atoms with Crippen molar-refractivity contribution in [1.29, 1.82) is 0 Å².